The second kappa shape index (κ2) is 11.5. The highest BCUT2D eigenvalue weighted by molar-refractivity contribution is 5.83. The number of amides is 1. The van der Waals surface area contributed by atoms with Gasteiger partial charge in [0.15, 0.2) is 0 Å². The van der Waals surface area contributed by atoms with Crippen LogP contribution in [0.15, 0.2) is 48.8 Å². The van der Waals surface area contributed by atoms with Gasteiger partial charge in [0.05, 0.1) is 23.4 Å². The molecule has 2 aliphatic heterocycles. The number of carbonyl (C=O) groups excluding carboxylic acids is 1. The van der Waals surface area contributed by atoms with Crippen LogP contribution < -0.4 is 10.1 Å². The van der Waals surface area contributed by atoms with Gasteiger partial charge in [-0.2, -0.15) is 13.2 Å². The number of H-pyrrole nitrogens is 1. The Morgan fingerprint density at radius 3 is 2.67 bits per heavy atom. The summed E-state index contributed by atoms with van der Waals surface area (Å²) in [6.45, 7) is 6.01. The molecule has 0 saturated carbocycles. The minimum Gasteiger partial charge on any atom is -0.457 e. The fourth-order valence-corrected chi connectivity index (χ4v) is 6.10. The molecule has 1 saturated heterocycles. The summed E-state index contributed by atoms with van der Waals surface area (Å²) >= 11 is 0. The lowest BCUT2D eigenvalue weighted by molar-refractivity contribution is -0.137. The first-order chi connectivity index (χ1) is 20.5. The smallest absolute Gasteiger partial charge is 0.419 e. The van der Waals surface area contributed by atoms with E-state index in [1.807, 2.05) is 51.2 Å². The number of carbonyl (C=O) groups is 1. The number of aryl methyl sites for hydroxylation is 1. The number of alkyl halides is 3. The van der Waals surface area contributed by atoms with Crippen LogP contribution in [0.5, 0.6) is 11.5 Å². The second-order valence-electron chi connectivity index (χ2n) is 11.6. The van der Waals surface area contributed by atoms with E-state index >= 15 is 0 Å². The van der Waals surface area contributed by atoms with Crippen LogP contribution in [0.1, 0.15) is 53.8 Å². The molecule has 6 rings (SSSR count). The molecule has 4 aromatic rings. The van der Waals surface area contributed by atoms with Crippen molar-refractivity contribution < 1.29 is 22.7 Å². The number of pyridine rings is 2. The van der Waals surface area contributed by atoms with Crippen molar-refractivity contribution in [1.82, 2.24) is 24.8 Å². The minimum atomic E-state index is -4.59. The Morgan fingerprint density at radius 1 is 1.12 bits per heavy atom. The van der Waals surface area contributed by atoms with Gasteiger partial charge in [-0.1, -0.05) is 6.07 Å². The number of nitrogens with zero attached hydrogens (tertiary/aromatic N) is 4. The summed E-state index contributed by atoms with van der Waals surface area (Å²) < 4.78 is 48.4. The molecule has 2 aliphatic rings. The number of aromatic amines is 1. The van der Waals surface area contributed by atoms with Gasteiger partial charge in [0, 0.05) is 30.7 Å². The van der Waals surface area contributed by atoms with Crippen LogP contribution in [0.25, 0.3) is 11.0 Å². The standard InChI is InChI=1S/C32H35F3N6O2/c1-19-14-26-28(6-10-36-30(26)38-19)43-24-5-4-22-7-13-41(20(2)25(22)17-24)29(42)16-21-15-27(32(33,34)35)31(37-18-21)39-23-8-11-40(3)12-9-23/h4-6,10,14-15,17-18,20,23H,7-9,11-13,16H2,1-3H3,(H,36,38)(H,37,39)/t20-/m0/s1. The topological polar surface area (TPSA) is 86.4 Å². The van der Waals surface area contributed by atoms with E-state index in [9.17, 15) is 18.0 Å². The Kier molecular flexibility index (Phi) is 7.76. The molecule has 1 aromatic carbocycles. The van der Waals surface area contributed by atoms with E-state index in [1.165, 1.54) is 6.20 Å². The third-order valence-corrected chi connectivity index (χ3v) is 8.50. The molecule has 0 unspecified atom stereocenters. The number of fused-ring (bicyclic) bond motifs is 2. The van der Waals surface area contributed by atoms with E-state index in [0.717, 1.165) is 59.9 Å². The van der Waals surface area contributed by atoms with Crippen LogP contribution in [0.3, 0.4) is 0 Å². The number of rotatable bonds is 6. The summed E-state index contributed by atoms with van der Waals surface area (Å²) in [5.74, 6) is 0.895. The monoisotopic (exact) mass is 592 g/mol. The van der Waals surface area contributed by atoms with Crippen molar-refractivity contribution in [3.8, 4) is 11.5 Å². The number of anilines is 1. The molecule has 11 heteroatoms. The van der Waals surface area contributed by atoms with Gasteiger partial charge >= 0.3 is 6.18 Å². The van der Waals surface area contributed by atoms with E-state index in [1.54, 1.807) is 11.1 Å². The molecule has 0 spiro atoms. The quantitative estimate of drug-likeness (QED) is 0.275. The number of aromatic nitrogens is 3. The first-order valence-electron chi connectivity index (χ1n) is 14.6. The average Bonchev–Trinajstić information content (AvgIpc) is 3.36. The van der Waals surface area contributed by atoms with Gasteiger partial charge in [0.2, 0.25) is 5.91 Å². The van der Waals surface area contributed by atoms with Gasteiger partial charge in [-0.25, -0.2) is 9.97 Å². The summed E-state index contributed by atoms with van der Waals surface area (Å²) in [5, 5.41) is 3.88. The van der Waals surface area contributed by atoms with Gasteiger partial charge in [0.1, 0.15) is 23.0 Å². The Morgan fingerprint density at radius 2 is 1.91 bits per heavy atom. The van der Waals surface area contributed by atoms with Crippen molar-refractivity contribution >= 4 is 22.8 Å². The zero-order chi connectivity index (χ0) is 30.3. The fourth-order valence-electron chi connectivity index (χ4n) is 6.10. The van der Waals surface area contributed by atoms with Crippen LogP contribution >= 0.6 is 0 Å². The van der Waals surface area contributed by atoms with E-state index in [0.29, 0.717) is 24.5 Å². The maximum Gasteiger partial charge on any atom is 0.419 e. The molecular weight excluding hydrogens is 557 g/mol. The number of piperidine rings is 1. The summed E-state index contributed by atoms with van der Waals surface area (Å²) in [5.41, 5.74) is 3.20. The normalized spacial score (nSPS) is 18.1. The summed E-state index contributed by atoms with van der Waals surface area (Å²) in [6.07, 6.45) is 0.455. The van der Waals surface area contributed by atoms with Gasteiger partial charge in [-0.15, -0.1) is 0 Å². The maximum atomic E-state index is 14.0. The zero-order valence-corrected chi connectivity index (χ0v) is 24.5. The Balaban J connectivity index is 1.18. The van der Waals surface area contributed by atoms with Gasteiger partial charge in [0.25, 0.3) is 0 Å². The molecule has 2 N–H and O–H groups in total. The molecule has 0 radical (unpaired) electrons. The van der Waals surface area contributed by atoms with E-state index in [4.69, 9.17) is 4.74 Å². The molecule has 0 bridgehead atoms. The number of likely N-dealkylation sites (tertiary alicyclic amines) is 1. The van der Waals surface area contributed by atoms with E-state index in [2.05, 4.69) is 25.2 Å². The van der Waals surface area contributed by atoms with Gasteiger partial charge in [-0.3, -0.25) is 4.79 Å². The highest BCUT2D eigenvalue weighted by atomic mass is 19.4. The number of hydrogen-bond acceptors (Lipinski definition) is 6. The predicted molar refractivity (Wildman–Crippen MR) is 158 cm³/mol. The minimum absolute atomic E-state index is 0.0721. The summed E-state index contributed by atoms with van der Waals surface area (Å²) in [7, 11) is 2.00. The lowest BCUT2D eigenvalue weighted by Crippen LogP contribution is -2.39. The molecule has 5 heterocycles. The van der Waals surface area contributed by atoms with Crippen LogP contribution in [-0.2, 0) is 23.8 Å². The van der Waals surface area contributed by atoms with Crippen molar-refractivity contribution in [2.75, 3.05) is 32.0 Å². The molecular formula is C32H35F3N6O2. The number of nitrogens with one attached hydrogen (secondary N) is 2. The summed E-state index contributed by atoms with van der Waals surface area (Å²) in [6, 6.07) is 10.4. The van der Waals surface area contributed by atoms with Crippen LogP contribution in [0, 0.1) is 6.92 Å². The molecule has 0 aliphatic carbocycles. The third kappa shape index (κ3) is 6.17. The SMILES string of the molecule is Cc1cc2c(Oc3ccc4c(c3)[C@H](C)N(C(=O)Cc3cnc(NC5CCN(C)CC5)c(C(F)(F)F)c3)CC4)ccnc2[nH]1. The molecule has 1 fully saturated rings. The fraction of sp³-hybridized carbons (Fsp3) is 0.406. The van der Waals surface area contributed by atoms with Crippen molar-refractivity contribution in [3.05, 3.63) is 76.7 Å². The Hall–Kier alpha value is -4.12. The average molecular weight is 593 g/mol. The number of hydrogen-bond donors (Lipinski definition) is 2. The number of halogens is 3. The third-order valence-electron chi connectivity index (χ3n) is 8.50. The Bertz CT molecular complexity index is 1640. The molecule has 1 atom stereocenters. The molecule has 3 aromatic heterocycles. The van der Waals surface area contributed by atoms with Crippen LogP contribution in [-0.4, -0.2) is 63.4 Å². The van der Waals surface area contributed by atoms with Crippen molar-refractivity contribution in [3.63, 3.8) is 0 Å². The van der Waals surface area contributed by atoms with Crippen molar-refractivity contribution in [1.29, 1.82) is 0 Å². The van der Waals surface area contributed by atoms with Crippen LogP contribution in [0.4, 0.5) is 19.0 Å². The molecule has 43 heavy (non-hydrogen) atoms. The lowest BCUT2D eigenvalue weighted by Gasteiger charge is -2.35. The number of ether oxygens (including phenoxy) is 1. The van der Waals surface area contributed by atoms with E-state index < -0.39 is 11.7 Å². The lowest BCUT2D eigenvalue weighted by atomic mass is 9.92. The second-order valence-corrected chi connectivity index (χ2v) is 11.6. The molecule has 226 valence electrons. The largest absolute Gasteiger partial charge is 0.457 e. The molecule has 8 nitrogen and oxygen atoms in total. The zero-order valence-electron chi connectivity index (χ0n) is 24.5. The number of benzene rings is 1. The highest BCUT2D eigenvalue weighted by Crippen LogP contribution is 2.37. The summed E-state index contributed by atoms with van der Waals surface area (Å²) in [4.78, 5) is 29.0. The van der Waals surface area contributed by atoms with Gasteiger partial charge in [-0.05, 0) is 100 Å². The van der Waals surface area contributed by atoms with E-state index in [-0.39, 0.29) is 35.8 Å². The predicted octanol–water partition coefficient (Wildman–Crippen LogP) is 6.27. The van der Waals surface area contributed by atoms with Gasteiger partial charge < -0.3 is 24.8 Å². The van der Waals surface area contributed by atoms with Crippen LogP contribution in [0.2, 0.25) is 0 Å². The maximum absolute atomic E-state index is 14.0. The van der Waals surface area contributed by atoms with Crippen molar-refractivity contribution in [2.24, 2.45) is 0 Å². The first kappa shape index (κ1) is 29.0. The Labute approximate surface area is 248 Å². The highest BCUT2D eigenvalue weighted by Gasteiger charge is 2.36. The van der Waals surface area contributed by atoms with Crippen molar-refractivity contribution in [2.45, 2.75) is 57.8 Å². The molecule has 1 amide bonds. The first-order valence-corrected chi connectivity index (χ1v) is 14.6.